The third-order valence-electron chi connectivity index (χ3n) is 5.29. The van der Waals surface area contributed by atoms with Gasteiger partial charge in [0.05, 0.1) is 12.1 Å². The summed E-state index contributed by atoms with van der Waals surface area (Å²) in [6, 6.07) is 11.3. The van der Waals surface area contributed by atoms with Crippen LogP contribution in [0.1, 0.15) is 37.8 Å². The van der Waals surface area contributed by atoms with Crippen LogP contribution in [0.2, 0.25) is 0 Å². The molecule has 25 heavy (non-hydrogen) atoms. The summed E-state index contributed by atoms with van der Waals surface area (Å²) < 4.78 is 0. The molecule has 0 aromatic heterocycles. The summed E-state index contributed by atoms with van der Waals surface area (Å²) in [6.07, 6.45) is 19.0. The van der Waals surface area contributed by atoms with Gasteiger partial charge in [-0.15, -0.1) is 0 Å². The molecule has 0 radical (unpaired) electrons. The van der Waals surface area contributed by atoms with Crippen LogP contribution in [-0.4, -0.2) is 11.9 Å². The lowest BCUT2D eigenvalue weighted by atomic mass is 9.87. The number of amidine groups is 1. The Bertz CT molecular complexity index is 752. The minimum atomic E-state index is 0.230. The molecule has 1 aliphatic heterocycles. The molecule has 0 saturated heterocycles. The Kier molecular flexibility index (Phi) is 4.69. The largest absolute Gasteiger partial charge is 0.366 e. The maximum absolute atomic E-state index is 5.11. The highest BCUT2D eigenvalue weighted by atomic mass is 15.1. The Labute approximate surface area is 150 Å². The van der Waals surface area contributed by atoms with Gasteiger partial charge in [-0.05, 0) is 36.3 Å². The molecular formula is C23H26N2. The summed E-state index contributed by atoms with van der Waals surface area (Å²) in [5.41, 5.74) is 2.73. The summed E-state index contributed by atoms with van der Waals surface area (Å²) in [4.78, 5) is 5.11. The number of nitrogens with one attached hydrogen (secondary N) is 1. The second-order valence-electron chi connectivity index (χ2n) is 7.31. The molecule has 0 saturated carbocycles. The molecule has 4 atom stereocenters. The zero-order valence-electron chi connectivity index (χ0n) is 14.8. The van der Waals surface area contributed by atoms with Gasteiger partial charge in [0.2, 0.25) is 0 Å². The highest BCUT2D eigenvalue weighted by molar-refractivity contribution is 5.88. The molecule has 1 aromatic carbocycles. The van der Waals surface area contributed by atoms with Gasteiger partial charge < -0.3 is 5.32 Å². The first-order valence-electron chi connectivity index (χ1n) is 9.40. The van der Waals surface area contributed by atoms with Crippen molar-refractivity contribution in [1.82, 2.24) is 5.32 Å². The molecule has 4 rings (SSSR count). The molecule has 2 nitrogen and oxygen atoms in total. The van der Waals surface area contributed by atoms with Gasteiger partial charge in [0.15, 0.2) is 0 Å². The van der Waals surface area contributed by atoms with Crippen LogP contribution in [0, 0.1) is 11.8 Å². The Morgan fingerprint density at radius 1 is 1.04 bits per heavy atom. The third-order valence-corrected chi connectivity index (χ3v) is 5.29. The van der Waals surface area contributed by atoms with Gasteiger partial charge >= 0.3 is 0 Å². The molecule has 0 bridgehead atoms. The van der Waals surface area contributed by atoms with Crippen molar-refractivity contribution in [3.63, 3.8) is 0 Å². The summed E-state index contributed by atoms with van der Waals surface area (Å²) in [6.45, 7) is 2.30. The molecule has 4 unspecified atom stereocenters. The summed E-state index contributed by atoms with van der Waals surface area (Å²) >= 11 is 0. The van der Waals surface area contributed by atoms with E-state index in [1.165, 1.54) is 11.1 Å². The first-order chi connectivity index (χ1) is 12.3. The Morgan fingerprint density at radius 3 is 2.68 bits per heavy atom. The predicted molar refractivity (Wildman–Crippen MR) is 106 cm³/mol. The number of aliphatic imine (C=N–C) groups is 1. The van der Waals surface area contributed by atoms with Crippen LogP contribution in [0.4, 0.5) is 0 Å². The molecule has 2 aliphatic carbocycles. The average Bonchev–Trinajstić information content (AvgIpc) is 2.69. The van der Waals surface area contributed by atoms with Gasteiger partial charge in [-0.2, -0.15) is 0 Å². The van der Waals surface area contributed by atoms with Crippen LogP contribution in [0.25, 0.3) is 0 Å². The SMILES string of the molecule is CC1C=C(C2CC(c3ccccc3)N=C(C3C=CC=CC3)N2)C=CC1. The fourth-order valence-electron chi connectivity index (χ4n) is 3.91. The van der Waals surface area contributed by atoms with Crippen molar-refractivity contribution in [2.24, 2.45) is 16.8 Å². The lowest BCUT2D eigenvalue weighted by Crippen LogP contribution is -2.44. The third kappa shape index (κ3) is 3.68. The average molecular weight is 330 g/mol. The van der Waals surface area contributed by atoms with Gasteiger partial charge in [0.1, 0.15) is 5.84 Å². The molecule has 1 N–H and O–H groups in total. The quantitative estimate of drug-likeness (QED) is 0.815. The molecule has 128 valence electrons. The van der Waals surface area contributed by atoms with Crippen LogP contribution in [0.5, 0.6) is 0 Å². The molecule has 2 heteroatoms. The highest BCUT2D eigenvalue weighted by Gasteiger charge is 2.29. The second kappa shape index (κ2) is 7.26. The first-order valence-corrected chi connectivity index (χ1v) is 9.40. The van der Waals surface area contributed by atoms with Crippen molar-refractivity contribution in [3.05, 3.63) is 84.0 Å². The van der Waals surface area contributed by atoms with E-state index in [0.717, 1.165) is 25.1 Å². The summed E-state index contributed by atoms with van der Waals surface area (Å²) in [5.74, 6) is 2.12. The van der Waals surface area contributed by atoms with Crippen LogP contribution in [-0.2, 0) is 0 Å². The van der Waals surface area contributed by atoms with Crippen LogP contribution in [0.15, 0.2) is 83.4 Å². The monoisotopic (exact) mass is 330 g/mol. The van der Waals surface area contributed by atoms with E-state index >= 15 is 0 Å². The standard InChI is InChI=1S/C23H26N2/c1-17-9-8-14-20(15-17)22-16-21(18-10-4-2-5-11-18)24-23(25-22)19-12-6-3-7-13-19/h2-8,10-12,14-15,17,19,21-22H,9,13,16H2,1H3,(H,24,25). The minimum absolute atomic E-state index is 0.230. The molecule has 0 spiro atoms. The van der Waals surface area contributed by atoms with E-state index < -0.39 is 0 Å². The molecule has 1 heterocycles. The number of benzene rings is 1. The normalized spacial score (nSPS) is 31.2. The number of hydrogen-bond acceptors (Lipinski definition) is 2. The van der Waals surface area contributed by atoms with Crippen molar-refractivity contribution < 1.29 is 0 Å². The van der Waals surface area contributed by atoms with E-state index in [1.54, 1.807) is 0 Å². The van der Waals surface area contributed by atoms with Crippen LogP contribution in [0.3, 0.4) is 0 Å². The van der Waals surface area contributed by atoms with E-state index in [9.17, 15) is 0 Å². The van der Waals surface area contributed by atoms with E-state index in [1.807, 2.05) is 0 Å². The van der Waals surface area contributed by atoms with Crippen LogP contribution >= 0.6 is 0 Å². The lowest BCUT2D eigenvalue weighted by Gasteiger charge is -2.34. The smallest absolute Gasteiger partial charge is 0.105 e. The molecule has 1 aromatic rings. The van der Waals surface area contributed by atoms with Crippen molar-refractivity contribution in [1.29, 1.82) is 0 Å². The first kappa shape index (κ1) is 16.1. The van der Waals surface area contributed by atoms with E-state index in [0.29, 0.717) is 17.9 Å². The maximum Gasteiger partial charge on any atom is 0.105 e. The van der Waals surface area contributed by atoms with E-state index in [4.69, 9.17) is 4.99 Å². The Balaban J connectivity index is 1.65. The zero-order valence-corrected chi connectivity index (χ0v) is 14.8. The van der Waals surface area contributed by atoms with Gasteiger partial charge in [-0.3, -0.25) is 4.99 Å². The lowest BCUT2D eigenvalue weighted by molar-refractivity contribution is 0.504. The van der Waals surface area contributed by atoms with Crippen molar-refractivity contribution in [2.75, 3.05) is 0 Å². The molecule has 0 amide bonds. The van der Waals surface area contributed by atoms with Crippen molar-refractivity contribution in [3.8, 4) is 0 Å². The summed E-state index contributed by atoms with van der Waals surface area (Å²) in [7, 11) is 0. The Morgan fingerprint density at radius 2 is 1.92 bits per heavy atom. The van der Waals surface area contributed by atoms with Gasteiger partial charge in [0, 0.05) is 5.92 Å². The van der Waals surface area contributed by atoms with Crippen LogP contribution < -0.4 is 5.32 Å². The van der Waals surface area contributed by atoms with E-state index in [2.05, 4.69) is 85.1 Å². The van der Waals surface area contributed by atoms with E-state index in [-0.39, 0.29) is 6.04 Å². The number of nitrogens with zero attached hydrogens (tertiary/aromatic N) is 1. The molecule has 3 aliphatic rings. The highest BCUT2D eigenvalue weighted by Crippen LogP contribution is 2.32. The van der Waals surface area contributed by atoms with Crippen molar-refractivity contribution in [2.45, 2.75) is 38.3 Å². The number of allylic oxidation sites excluding steroid dienone is 5. The van der Waals surface area contributed by atoms with Crippen molar-refractivity contribution >= 4 is 5.84 Å². The van der Waals surface area contributed by atoms with Gasteiger partial charge in [0.25, 0.3) is 0 Å². The second-order valence-corrected chi connectivity index (χ2v) is 7.31. The van der Waals surface area contributed by atoms with Gasteiger partial charge in [-0.25, -0.2) is 0 Å². The molecular weight excluding hydrogens is 304 g/mol. The van der Waals surface area contributed by atoms with Gasteiger partial charge in [-0.1, -0.05) is 79.8 Å². The fraction of sp³-hybridized carbons (Fsp3) is 0.348. The zero-order chi connectivity index (χ0) is 17.1. The maximum atomic E-state index is 5.11. The summed E-state index contributed by atoms with van der Waals surface area (Å²) in [5, 5.41) is 3.76. The minimum Gasteiger partial charge on any atom is -0.366 e. The fourth-order valence-corrected chi connectivity index (χ4v) is 3.91. The Hall–Kier alpha value is -2.35. The predicted octanol–water partition coefficient (Wildman–Crippen LogP) is 5.14. The number of rotatable bonds is 3. The topological polar surface area (TPSA) is 24.4 Å². The molecule has 0 fully saturated rings. The number of hydrogen-bond donors (Lipinski definition) is 1.